The first-order chi connectivity index (χ1) is 7.77. The lowest BCUT2D eigenvalue weighted by molar-refractivity contribution is 0.101. The summed E-state index contributed by atoms with van der Waals surface area (Å²) in [6.07, 6.45) is 9.34. The lowest BCUT2D eigenvalue weighted by Crippen LogP contribution is -2.11. The minimum absolute atomic E-state index is 0.172. The van der Waals surface area contributed by atoms with Gasteiger partial charge in [0.25, 0.3) is 0 Å². The molecule has 0 aromatic carbocycles. The van der Waals surface area contributed by atoms with E-state index in [9.17, 15) is 4.79 Å². The van der Waals surface area contributed by atoms with Crippen LogP contribution in [-0.4, -0.2) is 15.6 Å². The quantitative estimate of drug-likeness (QED) is 0.731. The normalized spacial score (nSPS) is 21.6. The molecule has 1 aromatic rings. The van der Waals surface area contributed by atoms with Gasteiger partial charge in [-0.05, 0) is 32.6 Å². The van der Waals surface area contributed by atoms with Crippen LogP contribution in [0.25, 0.3) is 0 Å². The lowest BCUT2D eigenvalue weighted by Gasteiger charge is -2.14. The summed E-state index contributed by atoms with van der Waals surface area (Å²) < 4.78 is 2.17. The number of carbonyl (C=O) groups excluding carboxylic acids is 1. The average molecular weight is 218 g/mol. The van der Waals surface area contributed by atoms with Gasteiger partial charge in [-0.2, -0.15) is 5.10 Å². The molecular formula is C13H18N2O. The first-order valence-electron chi connectivity index (χ1n) is 6.35. The maximum Gasteiger partial charge on any atom is 0.163 e. The fourth-order valence-corrected chi connectivity index (χ4v) is 2.85. The highest BCUT2D eigenvalue weighted by Gasteiger charge is 2.33. The molecule has 0 unspecified atom stereocenters. The highest BCUT2D eigenvalue weighted by Crippen LogP contribution is 2.44. The number of rotatable bonds is 3. The zero-order valence-corrected chi connectivity index (χ0v) is 9.78. The third-order valence-electron chi connectivity index (χ3n) is 3.85. The van der Waals surface area contributed by atoms with Crippen molar-refractivity contribution < 1.29 is 4.79 Å². The molecule has 0 radical (unpaired) electrons. The lowest BCUT2D eigenvalue weighted by atomic mass is 10.1. The van der Waals surface area contributed by atoms with E-state index in [2.05, 4.69) is 9.78 Å². The van der Waals surface area contributed by atoms with Crippen LogP contribution < -0.4 is 0 Å². The third kappa shape index (κ3) is 1.58. The van der Waals surface area contributed by atoms with Crippen molar-refractivity contribution >= 4 is 5.78 Å². The predicted octanol–water partition coefficient (Wildman–Crippen LogP) is 3.08. The van der Waals surface area contributed by atoms with Gasteiger partial charge in [-0.1, -0.05) is 12.8 Å². The van der Waals surface area contributed by atoms with Crippen LogP contribution in [-0.2, 0) is 0 Å². The van der Waals surface area contributed by atoms with Gasteiger partial charge in [-0.15, -0.1) is 0 Å². The van der Waals surface area contributed by atoms with E-state index >= 15 is 0 Å². The zero-order valence-electron chi connectivity index (χ0n) is 9.78. The number of hydrogen-bond donors (Lipinski definition) is 0. The number of Topliss-reactive ketones (excluding diaryl/α,β-unsaturated/α-hetero) is 1. The molecule has 0 bridgehead atoms. The molecule has 0 aliphatic heterocycles. The van der Waals surface area contributed by atoms with Gasteiger partial charge in [0.05, 0.1) is 23.5 Å². The van der Waals surface area contributed by atoms with E-state index in [0.29, 0.717) is 12.0 Å². The van der Waals surface area contributed by atoms with Gasteiger partial charge >= 0.3 is 0 Å². The van der Waals surface area contributed by atoms with Crippen LogP contribution in [0.2, 0.25) is 0 Å². The summed E-state index contributed by atoms with van der Waals surface area (Å²) in [6.45, 7) is 1.65. The molecule has 0 amide bonds. The number of hydrogen-bond acceptors (Lipinski definition) is 2. The molecule has 86 valence electrons. The average Bonchev–Trinajstić information content (AvgIpc) is 2.82. The van der Waals surface area contributed by atoms with Crippen molar-refractivity contribution in [2.45, 2.75) is 57.4 Å². The Bertz CT molecular complexity index is 412. The first-order valence-corrected chi connectivity index (χ1v) is 6.35. The van der Waals surface area contributed by atoms with Gasteiger partial charge in [0.15, 0.2) is 5.78 Å². The van der Waals surface area contributed by atoms with Gasteiger partial charge in [0.2, 0.25) is 0 Å². The molecule has 0 saturated heterocycles. The summed E-state index contributed by atoms with van der Waals surface area (Å²) in [6, 6.07) is 0.559. The highest BCUT2D eigenvalue weighted by atomic mass is 16.1. The molecule has 3 nitrogen and oxygen atoms in total. The fourth-order valence-electron chi connectivity index (χ4n) is 2.85. The van der Waals surface area contributed by atoms with E-state index in [1.54, 1.807) is 13.1 Å². The summed E-state index contributed by atoms with van der Waals surface area (Å²) in [7, 11) is 0. The van der Waals surface area contributed by atoms with Crippen LogP contribution in [0, 0.1) is 0 Å². The second kappa shape index (κ2) is 3.72. The summed E-state index contributed by atoms with van der Waals surface area (Å²) in [5.41, 5.74) is 2.11. The number of ketones is 1. The molecule has 1 heterocycles. The van der Waals surface area contributed by atoms with Crippen molar-refractivity contribution in [1.29, 1.82) is 0 Å². The van der Waals surface area contributed by atoms with Gasteiger partial charge < -0.3 is 0 Å². The Kier molecular flexibility index (Phi) is 2.34. The second-order valence-corrected chi connectivity index (χ2v) is 5.16. The van der Waals surface area contributed by atoms with Gasteiger partial charge in [0.1, 0.15) is 0 Å². The minimum Gasteiger partial charge on any atom is -0.294 e. The first kappa shape index (κ1) is 10.1. The molecule has 16 heavy (non-hydrogen) atoms. The predicted molar refractivity (Wildman–Crippen MR) is 61.7 cm³/mol. The molecule has 2 saturated carbocycles. The van der Waals surface area contributed by atoms with Crippen molar-refractivity contribution in [3.8, 4) is 0 Å². The second-order valence-electron chi connectivity index (χ2n) is 5.16. The van der Waals surface area contributed by atoms with Crippen molar-refractivity contribution in [1.82, 2.24) is 9.78 Å². The summed E-state index contributed by atoms with van der Waals surface area (Å²) in [4.78, 5) is 11.6. The monoisotopic (exact) mass is 218 g/mol. The van der Waals surface area contributed by atoms with Crippen LogP contribution in [0.4, 0.5) is 0 Å². The Morgan fingerprint density at radius 3 is 2.56 bits per heavy atom. The Morgan fingerprint density at radius 1 is 1.31 bits per heavy atom. The molecule has 3 heteroatoms. The minimum atomic E-state index is 0.172. The van der Waals surface area contributed by atoms with Gasteiger partial charge in [0, 0.05) is 5.92 Å². The summed E-state index contributed by atoms with van der Waals surface area (Å²) in [5.74, 6) is 0.785. The molecule has 0 spiro atoms. The molecule has 2 aliphatic carbocycles. The van der Waals surface area contributed by atoms with E-state index in [1.807, 2.05) is 0 Å². The standard InChI is InChI=1S/C13H18N2O/c1-9(16)12-8-14-15(11-4-2-3-5-11)13(12)10-6-7-10/h8,10-11H,2-7H2,1H3. The molecule has 1 aromatic heterocycles. The number of nitrogens with zero attached hydrogens (tertiary/aromatic N) is 2. The molecule has 0 atom stereocenters. The van der Waals surface area contributed by atoms with Crippen LogP contribution in [0.1, 0.15) is 73.5 Å². The molecule has 2 aliphatic rings. The van der Waals surface area contributed by atoms with Crippen LogP contribution in [0.15, 0.2) is 6.20 Å². The molecule has 3 rings (SSSR count). The maximum atomic E-state index is 11.6. The number of aromatic nitrogens is 2. The Morgan fingerprint density at radius 2 is 2.00 bits per heavy atom. The van der Waals surface area contributed by atoms with Crippen molar-refractivity contribution in [3.63, 3.8) is 0 Å². The Hall–Kier alpha value is -1.12. The summed E-state index contributed by atoms with van der Waals surface area (Å²) in [5, 5.41) is 4.48. The topological polar surface area (TPSA) is 34.9 Å². The zero-order chi connectivity index (χ0) is 11.1. The largest absolute Gasteiger partial charge is 0.294 e. The number of carbonyl (C=O) groups is 1. The summed E-state index contributed by atoms with van der Waals surface area (Å²) >= 11 is 0. The van der Waals surface area contributed by atoms with Crippen molar-refractivity contribution in [3.05, 3.63) is 17.5 Å². The SMILES string of the molecule is CC(=O)c1cnn(C2CCCC2)c1C1CC1. The van der Waals surface area contributed by atoms with E-state index in [-0.39, 0.29) is 5.78 Å². The maximum absolute atomic E-state index is 11.6. The van der Waals surface area contributed by atoms with Gasteiger partial charge in [-0.3, -0.25) is 9.48 Å². The smallest absolute Gasteiger partial charge is 0.163 e. The van der Waals surface area contributed by atoms with Crippen LogP contribution in [0.5, 0.6) is 0 Å². The van der Waals surface area contributed by atoms with E-state index in [1.165, 1.54) is 44.2 Å². The van der Waals surface area contributed by atoms with Crippen molar-refractivity contribution in [2.24, 2.45) is 0 Å². The molecule has 2 fully saturated rings. The Labute approximate surface area is 95.8 Å². The molecule has 0 N–H and O–H groups in total. The van der Waals surface area contributed by atoms with Crippen LogP contribution >= 0.6 is 0 Å². The van der Waals surface area contributed by atoms with E-state index in [0.717, 1.165) is 5.56 Å². The van der Waals surface area contributed by atoms with E-state index in [4.69, 9.17) is 0 Å². The fraction of sp³-hybridized carbons (Fsp3) is 0.692. The van der Waals surface area contributed by atoms with Crippen molar-refractivity contribution in [2.75, 3.05) is 0 Å². The van der Waals surface area contributed by atoms with Crippen LogP contribution in [0.3, 0.4) is 0 Å². The Balaban J connectivity index is 2.00. The third-order valence-corrected chi connectivity index (χ3v) is 3.85. The van der Waals surface area contributed by atoms with Gasteiger partial charge in [-0.25, -0.2) is 0 Å². The van der Waals surface area contributed by atoms with E-state index < -0.39 is 0 Å². The highest BCUT2D eigenvalue weighted by molar-refractivity contribution is 5.95. The molecular weight excluding hydrogens is 200 g/mol.